The lowest BCUT2D eigenvalue weighted by molar-refractivity contribution is -0.139. The average molecular weight is 619 g/mol. The average Bonchev–Trinajstić information content (AvgIpc) is 2.95. The predicted octanol–water partition coefficient (Wildman–Crippen LogP) is 6.64. The molecule has 2 amide bonds. The number of benzene rings is 3. The number of hydrogen-bond donors (Lipinski definition) is 1. The summed E-state index contributed by atoms with van der Waals surface area (Å²) in [6, 6.07) is 19.0. The van der Waals surface area contributed by atoms with Gasteiger partial charge in [0.25, 0.3) is 10.0 Å². The van der Waals surface area contributed by atoms with Gasteiger partial charge in [-0.15, -0.1) is 0 Å². The van der Waals surface area contributed by atoms with Gasteiger partial charge in [0.05, 0.1) is 10.6 Å². The van der Waals surface area contributed by atoms with Gasteiger partial charge in [-0.3, -0.25) is 13.9 Å². The van der Waals surface area contributed by atoms with Crippen LogP contribution in [0.5, 0.6) is 0 Å². The fourth-order valence-electron chi connectivity index (χ4n) is 4.18. The molecular formula is C31H37Cl2N3O4S. The molecule has 0 spiro atoms. The zero-order valence-corrected chi connectivity index (χ0v) is 26.3. The first kappa shape index (κ1) is 32.4. The molecule has 220 valence electrons. The van der Waals surface area contributed by atoms with E-state index in [4.69, 9.17) is 23.2 Å². The van der Waals surface area contributed by atoms with Crippen LogP contribution in [-0.4, -0.2) is 43.8 Å². The number of nitrogens with one attached hydrogen (secondary N) is 1. The lowest BCUT2D eigenvalue weighted by Gasteiger charge is -2.33. The highest BCUT2D eigenvalue weighted by Crippen LogP contribution is 2.29. The standard InChI is InChI=1S/C31H37Cl2N3O4S/c1-6-22(4)34-31(38)23(5)35(19-27-28(32)13-10-14-29(27)33)30(37)20-36(25-17-15-24(16-18-25)21(2)3)41(39,40)26-11-8-7-9-12-26/h7-18,21-23H,6,19-20H2,1-5H3,(H,34,38). The third-order valence-electron chi connectivity index (χ3n) is 7.02. The van der Waals surface area contributed by atoms with E-state index in [0.29, 0.717) is 27.7 Å². The highest BCUT2D eigenvalue weighted by Gasteiger charge is 2.33. The highest BCUT2D eigenvalue weighted by molar-refractivity contribution is 7.92. The third-order valence-corrected chi connectivity index (χ3v) is 9.51. The molecule has 0 aliphatic carbocycles. The molecule has 2 unspecified atom stereocenters. The van der Waals surface area contributed by atoms with Crippen molar-refractivity contribution >= 4 is 50.7 Å². The van der Waals surface area contributed by atoms with Crippen LogP contribution in [0, 0.1) is 0 Å². The van der Waals surface area contributed by atoms with Crippen LogP contribution in [0.15, 0.2) is 77.7 Å². The summed E-state index contributed by atoms with van der Waals surface area (Å²) in [6.45, 7) is 8.88. The van der Waals surface area contributed by atoms with E-state index in [9.17, 15) is 18.0 Å². The molecule has 3 aromatic carbocycles. The number of carbonyl (C=O) groups excluding carboxylic acids is 2. The Hall–Kier alpha value is -3.07. The number of sulfonamides is 1. The van der Waals surface area contributed by atoms with Crippen LogP contribution < -0.4 is 9.62 Å². The van der Waals surface area contributed by atoms with Crippen LogP contribution in [0.1, 0.15) is 58.1 Å². The summed E-state index contributed by atoms with van der Waals surface area (Å²) in [5.74, 6) is -0.708. The lowest BCUT2D eigenvalue weighted by Crippen LogP contribution is -2.52. The van der Waals surface area contributed by atoms with Crippen LogP contribution in [0.25, 0.3) is 0 Å². The Morgan fingerprint density at radius 3 is 1.98 bits per heavy atom. The van der Waals surface area contributed by atoms with Gasteiger partial charge >= 0.3 is 0 Å². The summed E-state index contributed by atoms with van der Waals surface area (Å²) in [4.78, 5) is 28.6. The molecule has 0 heterocycles. The molecule has 3 rings (SSSR count). The number of hydrogen-bond acceptors (Lipinski definition) is 4. The minimum absolute atomic E-state index is 0.0454. The van der Waals surface area contributed by atoms with E-state index in [-0.39, 0.29) is 29.3 Å². The molecular weight excluding hydrogens is 581 g/mol. The number of nitrogens with zero attached hydrogens (tertiary/aromatic N) is 2. The summed E-state index contributed by atoms with van der Waals surface area (Å²) in [5.41, 5.74) is 1.83. The number of amides is 2. The van der Waals surface area contributed by atoms with Crippen LogP contribution >= 0.6 is 23.2 Å². The van der Waals surface area contributed by atoms with Crippen LogP contribution in [0.3, 0.4) is 0 Å². The smallest absolute Gasteiger partial charge is 0.264 e. The van der Waals surface area contributed by atoms with Gasteiger partial charge in [0, 0.05) is 28.2 Å². The SMILES string of the molecule is CCC(C)NC(=O)C(C)N(Cc1c(Cl)cccc1Cl)C(=O)CN(c1ccc(C(C)C)cc1)S(=O)(=O)c1ccccc1. The van der Waals surface area contributed by atoms with Gasteiger partial charge in [0.2, 0.25) is 11.8 Å². The molecule has 7 nitrogen and oxygen atoms in total. The van der Waals surface area contributed by atoms with Crippen molar-refractivity contribution in [3.05, 3.63) is 94.0 Å². The second-order valence-corrected chi connectivity index (χ2v) is 13.0. The van der Waals surface area contributed by atoms with Gasteiger partial charge in [0.1, 0.15) is 12.6 Å². The van der Waals surface area contributed by atoms with Crippen molar-refractivity contribution < 1.29 is 18.0 Å². The molecule has 10 heteroatoms. The first-order valence-corrected chi connectivity index (χ1v) is 15.8. The highest BCUT2D eigenvalue weighted by atomic mass is 35.5. The molecule has 0 saturated heterocycles. The Morgan fingerprint density at radius 2 is 1.44 bits per heavy atom. The first-order chi connectivity index (χ1) is 19.4. The summed E-state index contributed by atoms with van der Waals surface area (Å²) in [5, 5.41) is 3.58. The molecule has 1 N–H and O–H groups in total. The van der Waals surface area contributed by atoms with Crippen molar-refractivity contribution in [2.24, 2.45) is 0 Å². The maximum absolute atomic E-state index is 14.1. The zero-order valence-electron chi connectivity index (χ0n) is 24.0. The summed E-state index contributed by atoms with van der Waals surface area (Å²) in [6.07, 6.45) is 0.707. The molecule has 0 radical (unpaired) electrons. The van der Waals surface area contributed by atoms with Crippen molar-refractivity contribution in [1.82, 2.24) is 10.2 Å². The van der Waals surface area contributed by atoms with Crippen LogP contribution in [-0.2, 0) is 26.2 Å². The van der Waals surface area contributed by atoms with Crippen molar-refractivity contribution in [2.45, 2.75) is 70.5 Å². The number of rotatable bonds is 12. The van der Waals surface area contributed by atoms with Gasteiger partial charge in [0.15, 0.2) is 0 Å². The molecule has 41 heavy (non-hydrogen) atoms. The fraction of sp³-hybridized carbons (Fsp3) is 0.355. The second kappa shape index (κ2) is 14.2. The predicted molar refractivity (Wildman–Crippen MR) is 166 cm³/mol. The van der Waals surface area contributed by atoms with Crippen molar-refractivity contribution in [1.29, 1.82) is 0 Å². The monoisotopic (exact) mass is 617 g/mol. The second-order valence-electron chi connectivity index (χ2n) is 10.3. The van der Waals surface area contributed by atoms with Gasteiger partial charge in [-0.25, -0.2) is 8.42 Å². The molecule has 0 aliphatic heterocycles. The molecule has 0 saturated carbocycles. The van der Waals surface area contributed by atoms with E-state index in [1.165, 1.54) is 17.0 Å². The van der Waals surface area contributed by atoms with Crippen LogP contribution in [0.2, 0.25) is 10.0 Å². The number of anilines is 1. The van der Waals surface area contributed by atoms with E-state index < -0.39 is 28.5 Å². The molecule has 0 aliphatic rings. The fourth-order valence-corrected chi connectivity index (χ4v) is 6.13. The maximum Gasteiger partial charge on any atom is 0.264 e. The summed E-state index contributed by atoms with van der Waals surface area (Å²) in [7, 11) is -4.14. The van der Waals surface area contributed by atoms with Crippen molar-refractivity contribution in [2.75, 3.05) is 10.8 Å². The van der Waals surface area contributed by atoms with E-state index in [2.05, 4.69) is 5.32 Å². The Morgan fingerprint density at radius 1 is 0.854 bits per heavy atom. The number of carbonyl (C=O) groups is 2. The normalized spacial score (nSPS) is 13.0. The topological polar surface area (TPSA) is 86.8 Å². The number of halogens is 2. The van der Waals surface area contributed by atoms with Gasteiger partial charge in [-0.1, -0.05) is 80.4 Å². The quantitative estimate of drug-likeness (QED) is 0.247. The minimum atomic E-state index is -4.14. The van der Waals surface area contributed by atoms with E-state index in [0.717, 1.165) is 9.87 Å². The van der Waals surface area contributed by atoms with E-state index in [1.807, 2.05) is 39.8 Å². The molecule has 0 fully saturated rings. The lowest BCUT2D eigenvalue weighted by atomic mass is 10.0. The van der Waals surface area contributed by atoms with Crippen molar-refractivity contribution in [3.63, 3.8) is 0 Å². The Labute approximate surface area is 253 Å². The Balaban J connectivity index is 2.07. The maximum atomic E-state index is 14.1. The van der Waals surface area contributed by atoms with E-state index >= 15 is 0 Å². The third kappa shape index (κ3) is 8.03. The summed E-state index contributed by atoms with van der Waals surface area (Å²) < 4.78 is 28.9. The molecule has 3 aromatic rings. The van der Waals surface area contributed by atoms with E-state index in [1.54, 1.807) is 55.5 Å². The van der Waals surface area contributed by atoms with Gasteiger partial charge in [-0.2, -0.15) is 0 Å². The molecule has 0 bridgehead atoms. The minimum Gasteiger partial charge on any atom is -0.352 e. The van der Waals surface area contributed by atoms with Gasteiger partial charge < -0.3 is 10.2 Å². The largest absolute Gasteiger partial charge is 0.352 e. The van der Waals surface area contributed by atoms with Crippen LogP contribution in [0.4, 0.5) is 5.69 Å². The molecule has 2 atom stereocenters. The van der Waals surface area contributed by atoms with Crippen molar-refractivity contribution in [3.8, 4) is 0 Å². The van der Waals surface area contributed by atoms with Gasteiger partial charge in [-0.05, 0) is 68.1 Å². The summed E-state index contributed by atoms with van der Waals surface area (Å²) >= 11 is 12.9. The Kier molecular flexibility index (Phi) is 11.2. The Bertz CT molecular complexity index is 1430. The zero-order chi connectivity index (χ0) is 30.3. The molecule has 0 aromatic heterocycles. The first-order valence-electron chi connectivity index (χ1n) is 13.6.